The van der Waals surface area contributed by atoms with Gasteiger partial charge in [0.25, 0.3) is 0 Å². The third kappa shape index (κ3) is 2.50. The van der Waals surface area contributed by atoms with Gasteiger partial charge in [-0.15, -0.1) is 0 Å². The molecule has 0 spiro atoms. The second kappa shape index (κ2) is 6.00. The number of hydrogen-bond acceptors (Lipinski definition) is 2. The lowest BCUT2D eigenvalue weighted by Crippen LogP contribution is -2.48. The van der Waals surface area contributed by atoms with Crippen LogP contribution < -0.4 is 0 Å². The Bertz CT molecular complexity index is 527. The Labute approximate surface area is 127 Å². The van der Waals surface area contributed by atoms with Crippen molar-refractivity contribution in [1.82, 2.24) is 4.90 Å². The first-order valence-electron chi connectivity index (χ1n) is 7.84. The Morgan fingerprint density at radius 2 is 1.52 bits per heavy atom. The van der Waals surface area contributed by atoms with E-state index >= 15 is 0 Å². The first kappa shape index (κ1) is 14.3. The van der Waals surface area contributed by atoms with Gasteiger partial charge in [0.1, 0.15) is 5.60 Å². The minimum absolute atomic E-state index is 0.146. The largest absolute Gasteiger partial charge is 0.379 e. The number of rotatable bonds is 4. The van der Waals surface area contributed by atoms with E-state index in [1.165, 1.54) is 0 Å². The number of nitrogens with zero attached hydrogens (tertiary/aromatic N) is 1. The van der Waals surface area contributed by atoms with Gasteiger partial charge in [0.15, 0.2) is 0 Å². The van der Waals surface area contributed by atoms with Crippen molar-refractivity contribution < 1.29 is 5.11 Å². The monoisotopic (exact) mass is 281 g/mol. The van der Waals surface area contributed by atoms with E-state index in [4.69, 9.17) is 0 Å². The van der Waals surface area contributed by atoms with Crippen molar-refractivity contribution in [3.8, 4) is 0 Å². The molecule has 0 radical (unpaired) electrons. The highest BCUT2D eigenvalue weighted by atomic mass is 16.3. The normalized spacial score (nSPS) is 19.8. The number of aliphatic hydroxyl groups is 1. The molecular weight excluding hydrogens is 258 g/mol. The molecule has 1 aliphatic heterocycles. The van der Waals surface area contributed by atoms with Gasteiger partial charge in [-0.3, -0.25) is 4.90 Å². The zero-order valence-corrected chi connectivity index (χ0v) is 12.6. The maximum Gasteiger partial charge on any atom is 0.130 e. The summed E-state index contributed by atoms with van der Waals surface area (Å²) < 4.78 is 0. The fourth-order valence-electron chi connectivity index (χ4n) is 3.61. The molecule has 2 aromatic carbocycles. The smallest absolute Gasteiger partial charge is 0.130 e. The Hall–Kier alpha value is -1.64. The van der Waals surface area contributed by atoms with E-state index in [-0.39, 0.29) is 6.04 Å². The number of likely N-dealkylation sites (tertiary alicyclic amines) is 1. The molecule has 2 nitrogen and oxygen atoms in total. The lowest BCUT2D eigenvalue weighted by atomic mass is 9.79. The van der Waals surface area contributed by atoms with E-state index in [0.717, 1.165) is 37.1 Å². The predicted octanol–water partition coefficient (Wildman–Crippen LogP) is 3.41. The predicted molar refractivity (Wildman–Crippen MR) is 86.2 cm³/mol. The van der Waals surface area contributed by atoms with Gasteiger partial charge in [-0.1, -0.05) is 67.6 Å². The van der Waals surface area contributed by atoms with Crippen LogP contribution in [-0.4, -0.2) is 29.1 Å². The summed E-state index contributed by atoms with van der Waals surface area (Å²) in [5.41, 5.74) is 1.04. The molecule has 3 rings (SSSR count). The lowest BCUT2D eigenvalue weighted by molar-refractivity contribution is -0.00207. The molecule has 110 valence electrons. The van der Waals surface area contributed by atoms with Gasteiger partial charge in [-0.05, 0) is 37.1 Å². The summed E-state index contributed by atoms with van der Waals surface area (Å²) in [5, 5.41) is 11.7. The van der Waals surface area contributed by atoms with Crippen LogP contribution in [0.3, 0.4) is 0 Å². The average molecular weight is 281 g/mol. The molecule has 1 heterocycles. The molecule has 1 aliphatic rings. The van der Waals surface area contributed by atoms with Crippen LogP contribution >= 0.6 is 0 Å². The van der Waals surface area contributed by atoms with E-state index in [1.807, 2.05) is 60.7 Å². The van der Waals surface area contributed by atoms with Crippen molar-refractivity contribution in [2.45, 2.75) is 31.4 Å². The molecule has 0 bridgehead atoms. The van der Waals surface area contributed by atoms with Gasteiger partial charge in [0.2, 0.25) is 0 Å². The summed E-state index contributed by atoms with van der Waals surface area (Å²) in [5.74, 6) is 0. The van der Waals surface area contributed by atoms with Gasteiger partial charge in [-0.2, -0.15) is 0 Å². The molecule has 2 heteroatoms. The molecule has 0 aromatic heterocycles. The van der Waals surface area contributed by atoms with E-state index in [9.17, 15) is 5.11 Å². The summed E-state index contributed by atoms with van der Waals surface area (Å²) in [6.45, 7) is 4.23. The highest BCUT2D eigenvalue weighted by Crippen LogP contribution is 2.39. The van der Waals surface area contributed by atoms with Gasteiger partial charge < -0.3 is 5.11 Å². The molecule has 1 saturated heterocycles. The van der Waals surface area contributed by atoms with E-state index in [0.29, 0.717) is 0 Å². The second-order valence-corrected chi connectivity index (χ2v) is 5.79. The Morgan fingerprint density at radius 3 is 2.00 bits per heavy atom. The Balaban J connectivity index is 2.11. The minimum atomic E-state index is -0.935. The summed E-state index contributed by atoms with van der Waals surface area (Å²) >= 11 is 0. The first-order valence-corrected chi connectivity index (χ1v) is 7.84. The Morgan fingerprint density at radius 1 is 1.00 bits per heavy atom. The van der Waals surface area contributed by atoms with E-state index in [2.05, 4.69) is 11.8 Å². The SMILES string of the molecule is CCN1CCCC1C(O)(c1ccccc1)c1ccccc1. The average Bonchev–Trinajstić information content (AvgIpc) is 3.05. The number of benzene rings is 2. The van der Waals surface area contributed by atoms with Crippen molar-refractivity contribution in [1.29, 1.82) is 0 Å². The summed E-state index contributed by atoms with van der Waals surface area (Å²) in [6, 6.07) is 20.3. The molecule has 1 atom stereocenters. The highest BCUT2D eigenvalue weighted by Gasteiger charge is 2.44. The van der Waals surface area contributed by atoms with Crippen molar-refractivity contribution in [3.05, 3.63) is 71.8 Å². The maximum absolute atomic E-state index is 11.7. The van der Waals surface area contributed by atoms with Crippen molar-refractivity contribution in [2.75, 3.05) is 13.1 Å². The molecule has 21 heavy (non-hydrogen) atoms. The third-order valence-electron chi connectivity index (χ3n) is 4.68. The zero-order valence-electron chi connectivity index (χ0n) is 12.6. The summed E-state index contributed by atoms with van der Waals surface area (Å²) in [7, 11) is 0. The van der Waals surface area contributed by atoms with Crippen molar-refractivity contribution in [2.24, 2.45) is 0 Å². The van der Waals surface area contributed by atoms with Crippen LogP contribution in [0.4, 0.5) is 0 Å². The zero-order chi connectivity index (χ0) is 14.7. The quantitative estimate of drug-likeness (QED) is 0.928. The highest BCUT2D eigenvalue weighted by molar-refractivity contribution is 5.38. The van der Waals surface area contributed by atoms with Crippen LogP contribution in [0.2, 0.25) is 0 Å². The minimum Gasteiger partial charge on any atom is -0.379 e. The van der Waals surface area contributed by atoms with Gasteiger partial charge in [0.05, 0.1) is 0 Å². The summed E-state index contributed by atoms with van der Waals surface area (Å²) in [6.07, 6.45) is 2.19. The van der Waals surface area contributed by atoms with Gasteiger partial charge in [0, 0.05) is 6.04 Å². The molecule has 1 unspecified atom stereocenters. The van der Waals surface area contributed by atoms with Crippen molar-refractivity contribution in [3.63, 3.8) is 0 Å². The van der Waals surface area contributed by atoms with Gasteiger partial charge >= 0.3 is 0 Å². The molecule has 0 saturated carbocycles. The standard InChI is InChI=1S/C19H23NO/c1-2-20-15-9-14-18(20)19(21,16-10-5-3-6-11-16)17-12-7-4-8-13-17/h3-8,10-13,18,21H,2,9,14-15H2,1H3. The van der Waals surface area contributed by atoms with Crippen LogP contribution in [-0.2, 0) is 5.60 Å². The van der Waals surface area contributed by atoms with Crippen LogP contribution in [0.15, 0.2) is 60.7 Å². The Kier molecular flexibility index (Phi) is 4.09. The number of hydrogen-bond donors (Lipinski definition) is 1. The molecule has 0 aliphatic carbocycles. The van der Waals surface area contributed by atoms with Crippen molar-refractivity contribution >= 4 is 0 Å². The van der Waals surface area contributed by atoms with Crippen LogP contribution in [0.1, 0.15) is 30.9 Å². The van der Waals surface area contributed by atoms with E-state index < -0.39 is 5.60 Å². The van der Waals surface area contributed by atoms with Crippen LogP contribution in [0.5, 0.6) is 0 Å². The lowest BCUT2D eigenvalue weighted by Gasteiger charge is -2.39. The first-order chi connectivity index (χ1) is 10.3. The number of likely N-dealkylation sites (N-methyl/N-ethyl adjacent to an activating group) is 1. The summed E-state index contributed by atoms with van der Waals surface area (Å²) in [4.78, 5) is 2.40. The third-order valence-corrected chi connectivity index (χ3v) is 4.68. The van der Waals surface area contributed by atoms with Crippen LogP contribution in [0, 0.1) is 0 Å². The topological polar surface area (TPSA) is 23.5 Å². The fourth-order valence-corrected chi connectivity index (χ4v) is 3.61. The molecule has 1 fully saturated rings. The van der Waals surface area contributed by atoms with E-state index in [1.54, 1.807) is 0 Å². The van der Waals surface area contributed by atoms with Crippen LogP contribution in [0.25, 0.3) is 0 Å². The molecular formula is C19H23NO. The second-order valence-electron chi connectivity index (χ2n) is 5.79. The molecule has 2 aromatic rings. The fraction of sp³-hybridized carbons (Fsp3) is 0.368. The maximum atomic E-state index is 11.7. The van der Waals surface area contributed by atoms with Gasteiger partial charge in [-0.25, -0.2) is 0 Å². The molecule has 1 N–H and O–H groups in total. The molecule has 0 amide bonds.